The van der Waals surface area contributed by atoms with Crippen molar-refractivity contribution in [3.8, 4) is 0 Å². The minimum atomic E-state index is -0.343. The quantitative estimate of drug-likeness (QED) is 0.830. The number of halogens is 1. The van der Waals surface area contributed by atoms with Crippen LogP contribution in [0.1, 0.15) is 17.2 Å². The molecule has 0 saturated heterocycles. The van der Waals surface area contributed by atoms with Crippen LogP contribution in [0.25, 0.3) is 6.08 Å². The van der Waals surface area contributed by atoms with Crippen LogP contribution in [0.5, 0.6) is 0 Å². The first kappa shape index (κ1) is 16.9. The lowest BCUT2D eigenvalue weighted by atomic mass is 10.1. The van der Waals surface area contributed by atoms with Crippen LogP contribution >= 0.6 is 0 Å². The summed E-state index contributed by atoms with van der Waals surface area (Å²) in [7, 11) is 3.91. The minimum Gasteiger partial charge on any atom is -0.344 e. The smallest absolute Gasteiger partial charge is 0.244 e. The van der Waals surface area contributed by atoms with Crippen LogP contribution < -0.4 is 5.32 Å². The van der Waals surface area contributed by atoms with Crippen LogP contribution in [-0.4, -0.2) is 31.4 Å². The fourth-order valence-corrected chi connectivity index (χ4v) is 2.28. The second kappa shape index (κ2) is 8.25. The van der Waals surface area contributed by atoms with E-state index >= 15 is 0 Å². The summed E-state index contributed by atoms with van der Waals surface area (Å²) in [5.74, 6) is -0.589. The fourth-order valence-electron chi connectivity index (χ4n) is 2.28. The van der Waals surface area contributed by atoms with E-state index in [1.807, 2.05) is 49.3 Å². The van der Waals surface area contributed by atoms with Gasteiger partial charge in [-0.2, -0.15) is 0 Å². The van der Waals surface area contributed by atoms with Crippen molar-refractivity contribution in [3.05, 3.63) is 77.6 Å². The molecule has 0 aliphatic rings. The Kier molecular flexibility index (Phi) is 6.06. The summed E-state index contributed by atoms with van der Waals surface area (Å²) in [6, 6.07) is 16.0. The Morgan fingerprint density at radius 2 is 1.78 bits per heavy atom. The van der Waals surface area contributed by atoms with Crippen molar-refractivity contribution in [2.45, 2.75) is 6.04 Å². The highest BCUT2D eigenvalue weighted by molar-refractivity contribution is 5.92. The molecule has 23 heavy (non-hydrogen) atoms. The van der Waals surface area contributed by atoms with Crippen LogP contribution in [-0.2, 0) is 4.79 Å². The Bertz CT molecular complexity index is 668. The Morgan fingerprint density at radius 3 is 2.43 bits per heavy atom. The normalized spacial score (nSPS) is 12.5. The van der Waals surface area contributed by atoms with E-state index in [1.54, 1.807) is 18.2 Å². The zero-order valence-corrected chi connectivity index (χ0v) is 13.4. The van der Waals surface area contributed by atoms with E-state index in [1.165, 1.54) is 18.2 Å². The minimum absolute atomic E-state index is 0.121. The van der Waals surface area contributed by atoms with Gasteiger partial charge in [-0.25, -0.2) is 4.39 Å². The molecule has 0 aromatic heterocycles. The fraction of sp³-hybridized carbons (Fsp3) is 0.211. The molecule has 1 amide bonds. The molecule has 2 aromatic rings. The summed E-state index contributed by atoms with van der Waals surface area (Å²) in [6.45, 7) is 0.684. The number of likely N-dealkylation sites (N-methyl/N-ethyl adjacent to an activating group) is 1. The predicted molar refractivity (Wildman–Crippen MR) is 91.3 cm³/mol. The van der Waals surface area contributed by atoms with Crippen molar-refractivity contribution in [1.29, 1.82) is 0 Å². The molecule has 0 fully saturated rings. The van der Waals surface area contributed by atoms with Crippen LogP contribution in [0.3, 0.4) is 0 Å². The van der Waals surface area contributed by atoms with Gasteiger partial charge >= 0.3 is 0 Å². The molecule has 2 rings (SSSR count). The van der Waals surface area contributed by atoms with Gasteiger partial charge in [-0.05, 0) is 31.8 Å². The van der Waals surface area contributed by atoms with Gasteiger partial charge < -0.3 is 10.2 Å². The third-order valence-corrected chi connectivity index (χ3v) is 3.39. The highest BCUT2D eigenvalue weighted by Gasteiger charge is 2.14. The maximum Gasteiger partial charge on any atom is 0.244 e. The highest BCUT2D eigenvalue weighted by atomic mass is 19.1. The number of carbonyl (C=O) groups is 1. The van der Waals surface area contributed by atoms with Crippen LogP contribution in [0.4, 0.5) is 4.39 Å². The van der Waals surface area contributed by atoms with E-state index in [0.29, 0.717) is 12.1 Å². The lowest BCUT2D eigenvalue weighted by molar-refractivity contribution is -0.117. The van der Waals surface area contributed by atoms with Crippen molar-refractivity contribution in [2.24, 2.45) is 0 Å². The van der Waals surface area contributed by atoms with Gasteiger partial charge in [0.05, 0.1) is 6.04 Å². The molecule has 120 valence electrons. The van der Waals surface area contributed by atoms with Crippen molar-refractivity contribution in [1.82, 2.24) is 10.2 Å². The number of rotatable bonds is 6. The molecule has 3 nitrogen and oxygen atoms in total. The third kappa shape index (κ3) is 5.34. The molecule has 0 unspecified atom stereocenters. The molecular weight excluding hydrogens is 291 g/mol. The average Bonchev–Trinajstić information content (AvgIpc) is 2.54. The van der Waals surface area contributed by atoms with Gasteiger partial charge in [0, 0.05) is 18.2 Å². The Morgan fingerprint density at radius 1 is 1.13 bits per heavy atom. The van der Waals surface area contributed by atoms with Crippen molar-refractivity contribution in [3.63, 3.8) is 0 Å². The Labute approximate surface area is 136 Å². The van der Waals surface area contributed by atoms with Gasteiger partial charge in [0.15, 0.2) is 0 Å². The van der Waals surface area contributed by atoms with Gasteiger partial charge in [0.2, 0.25) is 5.91 Å². The van der Waals surface area contributed by atoms with Crippen LogP contribution in [0.2, 0.25) is 0 Å². The summed E-state index contributed by atoms with van der Waals surface area (Å²) in [5.41, 5.74) is 1.43. The van der Waals surface area contributed by atoms with E-state index in [9.17, 15) is 9.18 Å². The molecule has 0 heterocycles. The maximum atomic E-state index is 13.5. The second-order valence-corrected chi connectivity index (χ2v) is 5.59. The van der Waals surface area contributed by atoms with Gasteiger partial charge in [0.25, 0.3) is 0 Å². The lowest BCUT2D eigenvalue weighted by Crippen LogP contribution is -2.34. The van der Waals surface area contributed by atoms with Gasteiger partial charge in [0.1, 0.15) is 5.82 Å². The molecule has 0 aliphatic heterocycles. The summed E-state index contributed by atoms with van der Waals surface area (Å²) >= 11 is 0. The molecular formula is C19H21FN2O. The third-order valence-electron chi connectivity index (χ3n) is 3.39. The van der Waals surface area contributed by atoms with Crippen molar-refractivity contribution >= 4 is 12.0 Å². The number of nitrogens with zero attached hydrogens (tertiary/aromatic N) is 1. The molecule has 0 spiro atoms. The number of amides is 1. The second-order valence-electron chi connectivity index (χ2n) is 5.59. The van der Waals surface area contributed by atoms with Gasteiger partial charge in [-0.1, -0.05) is 48.5 Å². The van der Waals surface area contributed by atoms with Crippen molar-refractivity contribution < 1.29 is 9.18 Å². The molecule has 1 N–H and O–H groups in total. The summed E-state index contributed by atoms with van der Waals surface area (Å²) in [6.07, 6.45) is 2.85. The van der Waals surface area contributed by atoms with Crippen molar-refractivity contribution in [2.75, 3.05) is 20.6 Å². The Balaban J connectivity index is 2.07. The summed E-state index contributed by atoms with van der Waals surface area (Å²) < 4.78 is 13.5. The molecule has 4 heteroatoms. The van der Waals surface area contributed by atoms with Gasteiger partial charge in [-0.15, -0.1) is 0 Å². The number of carbonyl (C=O) groups excluding carboxylic acids is 1. The number of hydrogen-bond donors (Lipinski definition) is 1. The maximum absolute atomic E-state index is 13.5. The van der Waals surface area contributed by atoms with E-state index < -0.39 is 0 Å². The molecule has 1 atom stereocenters. The topological polar surface area (TPSA) is 32.3 Å². The first-order valence-electron chi connectivity index (χ1n) is 7.49. The van der Waals surface area contributed by atoms with Gasteiger partial charge in [-0.3, -0.25) is 4.79 Å². The SMILES string of the molecule is CN(C)C[C@H](NC(=O)/C=C/c1ccccc1F)c1ccccc1. The monoisotopic (exact) mass is 312 g/mol. The molecule has 0 saturated carbocycles. The highest BCUT2D eigenvalue weighted by Crippen LogP contribution is 2.14. The largest absolute Gasteiger partial charge is 0.344 e. The summed E-state index contributed by atoms with van der Waals surface area (Å²) in [4.78, 5) is 14.2. The Hall–Kier alpha value is -2.46. The first-order valence-corrected chi connectivity index (χ1v) is 7.49. The number of nitrogens with one attached hydrogen (secondary N) is 1. The van der Waals surface area contributed by atoms with Crippen LogP contribution in [0.15, 0.2) is 60.7 Å². The molecule has 0 bridgehead atoms. The number of hydrogen-bond acceptors (Lipinski definition) is 2. The van der Waals surface area contributed by atoms with E-state index in [-0.39, 0.29) is 17.8 Å². The zero-order chi connectivity index (χ0) is 16.7. The zero-order valence-electron chi connectivity index (χ0n) is 13.4. The van der Waals surface area contributed by atoms with E-state index in [4.69, 9.17) is 0 Å². The standard InChI is InChI=1S/C19H21FN2O/c1-22(2)14-18(16-9-4-3-5-10-16)21-19(23)13-12-15-8-6-7-11-17(15)20/h3-13,18H,14H2,1-2H3,(H,21,23)/b13-12+/t18-/m0/s1. The van der Waals surface area contributed by atoms with E-state index in [0.717, 1.165) is 5.56 Å². The predicted octanol–water partition coefficient (Wildman–Crippen LogP) is 3.26. The van der Waals surface area contributed by atoms with E-state index in [2.05, 4.69) is 5.32 Å². The first-order chi connectivity index (χ1) is 11.1. The van der Waals surface area contributed by atoms with Crippen LogP contribution in [0, 0.1) is 5.82 Å². The lowest BCUT2D eigenvalue weighted by Gasteiger charge is -2.22. The average molecular weight is 312 g/mol. The molecule has 2 aromatic carbocycles. The summed E-state index contributed by atoms with van der Waals surface area (Å²) in [5, 5.41) is 2.96. The molecule has 0 radical (unpaired) electrons. The number of benzene rings is 2. The molecule has 0 aliphatic carbocycles.